The monoisotopic (exact) mass is 466 g/mol. The Morgan fingerprint density at radius 3 is 2.58 bits per heavy atom. The molecule has 3 N–H and O–H groups in total. The molecule has 0 bridgehead atoms. The molecule has 3 aromatic rings. The minimum absolute atomic E-state index is 0. The summed E-state index contributed by atoms with van der Waals surface area (Å²) >= 11 is 0. The Bertz CT molecular complexity index is 860. The first-order chi connectivity index (χ1) is 12.3. The number of aliphatic imine (C=N–C) groups is 1. The van der Waals surface area contributed by atoms with Gasteiger partial charge in [-0.1, -0.05) is 30.3 Å². The molecular weight excluding hydrogens is 442 g/mol. The van der Waals surface area contributed by atoms with Crippen LogP contribution in [0.15, 0.2) is 59.7 Å². The van der Waals surface area contributed by atoms with Crippen LogP contribution in [0.4, 0.5) is 4.39 Å². The average molecular weight is 466 g/mol. The second-order valence-electron chi connectivity index (χ2n) is 5.92. The summed E-state index contributed by atoms with van der Waals surface area (Å²) in [7, 11) is 1.75. The molecule has 0 saturated heterocycles. The average Bonchev–Trinajstić information content (AvgIpc) is 3.04. The predicted molar refractivity (Wildman–Crippen MR) is 117 cm³/mol. The fourth-order valence-corrected chi connectivity index (χ4v) is 2.89. The van der Waals surface area contributed by atoms with E-state index in [1.54, 1.807) is 19.2 Å². The molecule has 4 nitrogen and oxygen atoms in total. The number of rotatable bonds is 6. The molecule has 0 radical (unpaired) electrons. The molecule has 0 amide bonds. The van der Waals surface area contributed by atoms with E-state index in [0.717, 1.165) is 36.4 Å². The fourth-order valence-electron chi connectivity index (χ4n) is 2.89. The topological polar surface area (TPSA) is 52.2 Å². The van der Waals surface area contributed by atoms with Crippen molar-refractivity contribution < 1.29 is 4.39 Å². The van der Waals surface area contributed by atoms with Crippen molar-refractivity contribution in [2.45, 2.75) is 12.8 Å². The molecule has 2 aromatic carbocycles. The number of para-hydroxylation sites is 1. The standard InChI is InChI=1S/C20H23FN4.HI/c1-22-20(23-11-9-15-5-4-6-17(21)13-15)24-12-10-16-14-25-19-8-3-2-7-18(16)19;/h2-8,13-14,25H,9-12H2,1H3,(H2,22,23,24);1H. The number of aromatic nitrogens is 1. The van der Waals surface area contributed by atoms with Gasteiger partial charge in [0, 0.05) is 37.2 Å². The quantitative estimate of drug-likeness (QED) is 0.294. The maximum absolute atomic E-state index is 13.2. The molecule has 0 aliphatic carbocycles. The summed E-state index contributed by atoms with van der Waals surface area (Å²) < 4.78 is 13.2. The third-order valence-corrected chi connectivity index (χ3v) is 4.18. The molecule has 3 rings (SSSR count). The minimum Gasteiger partial charge on any atom is -0.361 e. The van der Waals surface area contributed by atoms with Crippen molar-refractivity contribution in [2.75, 3.05) is 20.1 Å². The molecule has 1 aromatic heterocycles. The van der Waals surface area contributed by atoms with E-state index in [0.29, 0.717) is 6.54 Å². The first-order valence-corrected chi connectivity index (χ1v) is 8.50. The number of aromatic amines is 1. The predicted octanol–water partition coefficient (Wildman–Crippen LogP) is 3.88. The Labute approximate surface area is 170 Å². The molecule has 1 heterocycles. The maximum Gasteiger partial charge on any atom is 0.190 e. The Morgan fingerprint density at radius 1 is 1.04 bits per heavy atom. The number of hydrogen-bond donors (Lipinski definition) is 3. The van der Waals surface area contributed by atoms with Gasteiger partial charge < -0.3 is 15.6 Å². The van der Waals surface area contributed by atoms with E-state index in [2.05, 4.69) is 45.0 Å². The van der Waals surface area contributed by atoms with Crippen molar-refractivity contribution in [1.82, 2.24) is 15.6 Å². The van der Waals surface area contributed by atoms with Crippen molar-refractivity contribution in [2.24, 2.45) is 4.99 Å². The largest absolute Gasteiger partial charge is 0.361 e. The van der Waals surface area contributed by atoms with Gasteiger partial charge in [-0.15, -0.1) is 24.0 Å². The van der Waals surface area contributed by atoms with Gasteiger partial charge in [0.25, 0.3) is 0 Å². The van der Waals surface area contributed by atoms with Gasteiger partial charge in [-0.3, -0.25) is 4.99 Å². The zero-order valence-electron chi connectivity index (χ0n) is 14.8. The Morgan fingerprint density at radius 2 is 1.81 bits per heavy atom. The van der Waals surface area contributed by atoms with Gasteiger partial charge in [0.2, 0.25) is 0 Å². The molecular formula is C20H24FIN4. The molecule has 138 valence electrons. The molecule has 0 saturated carbocycles. The molecule has 0 unspecified atom stereocenters. The van der Waals surface area contributed by atoms with Gasteiger partial charge in [-0.25, -0.2) is 4.39 Å². The molecule has 0 fully saturated rings. The van der Waals surface area contributed by atoms with Crippen molar-refractivity contribution >= 4 is 40.8 Å². The van der Waals surface area contributed by atoms with E-state index in [4.69, 9.17) is 0 Å². The molecule has 0 aliphatic heterocycles. The van der Waals surface area contributed by atoms with E-state index in [9.17, 15) is 4.39 Å². The van der Waals surface area contributed by atoms with Crippen LogP contribution in [0.2, 0.25) is 0 Å². The van der Waals surface area contributed by atoms with E-state index in [1.807, 2.05) is 12.1 Å². The number of benzene rings is 2. The van der Waals surface area contributed by atoms with Crippen LogP contribution < -0.4 is 10.6 Å². The van der Waals surface area contributed by atoms with E-state index >= 15 is 0 Å². The summed E-state index contributed by atoms with van der Waals surface area (Å²) in [6, 6.07) is 15.0. The summed E-state index contributed by atoms with van der Waals surface area (Å²) in [5.74, 6) is 0.565. The molecule has 6 heteroatoms. The second-order valence-corrected chi connectivity index (χ2v) is 5.92. The molecule has 26 heavy (non-hydrogen) atoms. The first-order valence-electron chi connectivity index (χ1n) is 8.50. The van der Waals surface area contributed by atoms with E-state index in [1.165, 1.54) is 17.0 Å². The molecule has 0 spiro atoms. The van der Waals surface area contributed by atoms with Crippen LogP contribution in [-0.4, -0.2) is 31.1 Å². The Hall–Kier alpha value is -2.09. The highest BCUT2D eigenvalue weighted by Crippen LogP contribution is 2.17. The van der Waals surface area contributed by atoms with Crippen LogP contribution in [-0.2, 0) is 12.8 Å². The van der Waals surface area contributed by atoms with Gasteiger partial charge in [0.1, 0.15) is 5.82 Å². The van der Waals surface area contributed by atoms with Gasteiger partial charge in [-0.2, -0.15) is 0 Å². The maximum atomic E-state index is 13.2. The van der Waals surface area contributed by atoms with Crippen LogP contribution in [0.1, 0.15) is 11.1 Å². The van der Waals surface area contributed by atoms with Gasteiger partial charge in [0.15, 0.2) is 5.96 Å². The van der Waals surface area contributed by atoms with Crippen LogP contribution in [0.25, 0.3) is 10.9 Å². The van der Waals surface area contributed by atoms with Gasteiger partial charge in [-0.05, 0) is 42.2 Å². The lowest BCUT2D eigenvalue weighted by Gasteiger charge is -2.11. The van der Waals surface area contributed by atoms with Crippen molar-refractivity contribution in [1.29, 1.82) is 0 Å². The number of hydrogen-bond acceptors (Lipinski definition) is 1. The highest BCUT2D eigenvalue weighted by Gasteiger charge is 2.03. The zero-order valence-corrected chi connectivity index (χ0v) is 17.1. The van der Waals surface area contributed by atoms with E-state index in [-0.39, 0.29) is 29.8 Å². The Balaban J connectivity index is 0.00000243. The smallest absolute Gasteiger partial charge is 0.190 e. The highest BCUT2D eigenvalue weighted by molar-refractivity contribution is 14.0. The lowest BCUT2D eigenvalue weighted by atomic mass is 10.1. The zero-order chi connectivity index (χ0) is 17.5. The summed E-state index contributed by atoms with van der Waals surface area (Å²) in [5.41, 5.74) is 3.43. The van der Waals surface area contributed by atoms with Crippen molar-refractivity contribution in [3.8, 4) is 0 Å². The lowest BCUT2D eigenvalue weighted by Crippen LogP contribution is -2.39. The number of nitrogens with zero attached hydrogens (tertiary/aromatic N) is 1. The number of nitrogens with one attached hydrogen (secondary N) is 3. The minimum atomic E-state index is -0.196. The summed E-state index contributed by atoms with van der Waals surface area (Å²) in [6.07, 6.45) is 3.72. The number of fused-ring (bicyclic) bond motifs is 1. The van der Waals surface area contributed by atoms with Crippen LogP contribution in [0.3, 0.4) is 0 Å². The Kier molecular flexibility index (Phi) is 7.90. The lowest BCUT2D eigenvalue weighted by molar-refractivity contribution is 0.625. The number of guanidine groups is 1. The highest BCUT2D eigenvalue weighted by atomic mass is 127. The summed E-state index contributed by atoms with van der Waals surface area (Å²) in [4.78, 5) is 7.52. The third-order valence-electron chi connectivity index (χ3n) is 4.18. The SMILES string of the molecule is CN=C(NCCc1cccc(F)c1)NCCc1c[nH]c2ccccc12.I. The van der Waals surface area contributed by atoms with Crippen molar-refractivity contribution in [3.05, 3.63) is 71.7 Å². The summed E-state index contributed by atoms with van der Waals surface area (Å²) in [6.45, 7) is 1.50. The normalized spacial score (nSPS) is 11.2. The van der Waals surface area contributed by atoms with Gasteiger partial charge in [0.05, 0.1) is 0 Å². The van der Waals surface area contributed by atoms with Crippen LogP contribution >= 0.6 is 24.0 Å². The fraction of sp³-hybridized carbons (Fsp3) is 0.250. The molecule has 0 aliphatic rings. The number of halogens is 2. The van der Waals surface area contributed by atoms with E-state index < -0.39 is 0 Å². The van der Waals surface area contributed by atoms with Crippen molar-refractivity contribution in [3.63, 3.8) is 0 Å². The third kappa shape index (κ3) is 5.45. The van der Waals surface area contributed by atoms with Gasteiger partial charge >= 0.3 is 0 Å². The summed E-state index contributed by atoms with van der Waals surface area (Å²) in [5, 5.41) is 7.85. The first kappa shape index (κ1) is 20.2. The van der Waals surface area contributed by atoms with Crippen LogP contribution in [0, 0.1) is 5.82 Å². The molecule has 0 atom stereocenters. The van der Waals surface area contributed by atoms with Crippen LogP contribution in [0.5, 0.6) is 0 Å². The number of H-pyrrole nitrogens is 1. The second kappa shape index (κ2) is 10.2.